The molecule has 2 rings (SSSR count). The maximum atomic E-state index is 11.3. The lowest BCUT2D eigenvalue weighted by atomic mass is 10.0. The van der Waals surface area contributed by atoms with Gasteiger partial charge in [0.15, 0.2) is 0 Å². The molecule has 4 heteroatoms. The van der Waals surface area contributed by atoms with E-state index in [-0.39, 0.29) is 0 Å². The van der Waals surface area contributed by atoms with Crippen LogP contribution in [0.2, 0.25) is 0 Å². The molecule has 0 N–H and O–H groups in total. The normalized spacial score (nSPS) is 13.9. The van der Waals surface area contributed by atoms with Crippen molar-refractivity contribution in [2.45, 2.75) is 6.92 Å². The van der Waals surface area contributed by atoms with E-state index in [2.05, 4.69) is 4.74 Å². The van der Waals surface area contributed by atoms with E-state index in [1.807, 2.05) is 0 Å². The summed E-state index contributed by atoms with van der Waals surface area (Å²) in [5.41, 5.74) is 1.27. The Hall–Kier alpha value is -1.84. The summed E-state index contributed by atoms with van der Waals surface area (Å²) in [6.07, 6.45) is 0. The summed E-state index contributed by atoms with van der Waals surface area (Å²) in [4.78, 5) is 22.4. The SMILES string of the molecule is COc1ccc2c(c1C)C(=O)OC2=O. The van der Waals surface area contributed by atoms with Gasteiger partial charge in [-0.2, -0.15) is 0 Å². The zero-order valence-electron chi connectivity index (χ0n) is 7.79. The summed E-state index contributed by atoms with van der Waals surface area (Å²) in [7, 11) is 1.51. The lowest BCUT2D eigenvalue weighted by Crippen LogP contribution is -1.99. The summed E-state index contributed by atoms with van der Waals surface area (Å²) in [5, 5.41) is 0. The first-order chi connectivity index (χ1) is 6.65. The molecule has 1 heterocycles. The van der Waals surface area contributed by atoms with Crippen molar-refractivity contribution in [1.82, 2.24) is 0 Å². The predicted molar refractivity (Wildman–Crippen MR) is 47.5 cm³/mol. The molecule has 1 aromatic carbocycles. The van der Waals surface area contributed by atoms with Gasteiger partial charge in [-0.05, 0) is 19.1 Å². The number of fused-ring (bicyclic) bond motifs is 1. The molecule has 1 aliphatic rings. The van der Waals surface area contributed by atoms with E-state index in [0.717, 1.165) is 0 Å². The molecule has 4 nitrogen and oxygen atoms in total. The van der Waals surface area contributed by atoms with Crippen LogP contribution in [0.1, 0.15) is 26.3 Å². The summed E-state index contributed by atoms with van der Waals surface area (Å²) in [6, 6.07) is 3.18. The Bertz CT molecular complexity index is 434. The standard InChI is InChI=1S/C10H8O4/c1-5-7(13-2)4-3-6-8(5)10(12)14-9(6)11/h3-4H,1-2H3. The first-order valence-corrected chi connectivity index (χ1v) is 4.09. The van der Waals surface area contributed by atoms with Crippen molar-refractivity contribution in [3.63, 3.8) is 0 Å². The Morgan fingerprint density at radius 2 is 1.93 bits per heavy atom. The molecule has 1 aromatic rings. The number of hydrogen-bond donors (Lipinski definition) is 0. The molecule has 0 fully saturated rings. The molecule has 0 unspecified atom stereocenters. The van der Waals surface area contributed by atoms with Gasteiger partial charge in [-0.15, -0.1) is 0 Å². The van der Waals surface area contributed by atoms with Crippen LogP contribution in [-0.2, 0) is 4.74 Å². The molecule has 0 bridgehead atoms. The van der Waals surface area contributed by atoms with Gasteiger partial charge >= 0.3 is 11.9 Å². The molecule has 14 heavy (non-hydrogen) atoms. The van der Waals surface area contributed by atoms with Crippen LogP contribution in [0.15, 0.2) is 12.1 Å². The summed E-state index contributed by atoms with van der Waals surface area (Å²) < 4.78 is 9.51. The molecule has 0 aliphatic carbocycles. The Morgan fingerprint density at radius 1 is 1.21 bits per heavy atom. The average Bonchev–Trinajstić information content (AvgIpc) is 2.44. The monoisotopic (exact) mass is 192 g/mol. The Morgan fingerprint density at radius 3 is 2.57 bits per heavy atom. The minimum atomic E-state index is -0.596. The van der Waals surface area contributed by atoms with Gasteiger partial charge in [-0.25, -0.2) is 9.59 Å². The molecule has 0 spiro atoms. The largest absolute Gasteiger partial charge is 0.496 e. The Balaban J connectivity index is 2.70. The lowest BCUT2D eigenvalue weighted by molar-refractivity contribution is 0.0443. The molecule has 0 radical (unpaired) electrons. The van der Waals surface area contributed by atoms with Crippen LogP contribution < -0.4 is 4.74 Å². The van der Waals surface area contributed by atoms with Crippen molar-refractivity contribution in [2.75, 3.05) is 7.11 Å². The fraction of sp³-hybridized carbons (Fsp3) is 0.200. The van der Waals surface area contributed by atoms with E-state index in [1.165, 1.54) is 13.2 Å². The van der Waals surface area contributed by atoms with E-state index in [0.29, 0.717) is 22.4 Å². The highest BCUT2D eigenvalue weighted by molar-refractivity contribution is 6.15. The summed E-state index contributed by atoms with van der Waals surface area (Å²) >= 11 is 0. The number of carbonyl (C=O) groups excluding carboxylic acids is 2. The van der Waals surface area contributed by atoms with Crippen molar-refractivity contribution in [3.05, 3.63) is 28.8 Å². The average molecular weight is 192 g/mol. The van der Waals surface area contributed by atoms with Gasteiger partial charge in [-0.1, -0.05) is 0 Å². The van der Waals surface area contributed by atoms with Gasteiger partial charge in [0.05, 0.1) is 18.2 Å². The Kier molecular flexibility index (Phi) is 1.77. The van der Waals surface area contributed by atoms with Crippen molar-refractivity contribution < 1.29 is 19.1 Å². The second kappa shape index (κ2) is 2.83. The van der Waals surface area contributed by atoms with Crippen molar-refractivity contribution >= 4 is 11.9 Å². The molecule has 72 valence electrons. The number of rotatable bonds is 1. The van der Waals surface area contributed by atoms with Gasteiger partial charge in [-0.3, -0.25) is 0 Å². The van der Waals surface area contributed by atoms with Gasteiger partial charge in [0, 0.05) is 5.56 Å². The maximum Gasteiger partial charge on any atom is 0.347 e. The van der Waals surface area contributed by atoms with Crippen LogP contribution in [0, 0.1) is 6.92 Å². The minimum Gasteiger partial charge on any atom is -0.496 e. The lowest BCUT2D eigenvalue weighted by Gasteiger charge is -2.05. The topological polar surface area (TPSA) is 52.6 Å². The molecule has 0 aromatic heterocycles. The zero-order valence-corrected chi connectivity index (χ0v) is 7.79. The van der Waals surface area contributed by atoms with Gasteiger partial charge < -0.3 is 9.47 Å². The molecule has 0 amide bonds. The number of ether oxygens (including phenoxy) is 2. The highest BCUT2D eigenvalue weighted by Crippen LogP contribution is 2.29. The first-order valence-electron chi connectivity index (χ1n) is 4.09. The third-order valence-corrected chi connectivity index (χ3v) is 2.24. The molecular formula is C10H8O4. The number of cyclic esters (lactones) is 2. The smallest absolute Gasteiger partial charge is 0.347 e. The third-order valence-electron chi connectivity index (χ3n) is 2.24. The van der Waals surface area contributed by atoms with E-state index in [9.17, 15) is 9.59 Å². The highest BCUT2D eigenvalue weighted by atomic mass is 16.6. The van der Waals surface area contributed by atoms with Crippen LogP contribution in [0.4, 0.5) is 0 Å². The summed E-state index contributed by atoms with van der Waals surface area (Å²) in [5.74, 6) is -0.604. The second-order valence-electron chi connectivity index (χ2n) is 2.99. The van der Waals surface area contributed by atoms with E-state index in [4.69, 9.17) is 4.74 Å². The second-order valence-corrected chi connectivity index (χ2v) is 2.99. The quantitative estimate of drug-likeness (QED) is 0.497. The fourth-order valence-corrected chi connectivity index (χ4v) is 1.54. The first kappa shape index (κ1) is 8.74. The fourth-order valence-electron chi connectivity index (χ4n) is 1.54. The van der Waals surface area contributed by atoms with Crippen LogP contribution in [0.3, 0.4) is 0 Å². The van der Waals surface area contributed by atoms with E-state index >= 15 is 0 Å². The van der Waals surface area contributed by atoms with Crippen molar-refractivity contribution in [3.8, 4) is 5.75 Å². The molecule has 1 aliphatic heterocycles. The van der Waals surface area contributed by atoms with E-state index in [1.54, 1.807) is 13.0 Å². The number of benzene rings is 1. The van der Waals surface area contributed by atoms with E-state index < -0.39 is 11.9 Å². The minimum absolute atomic E-state index is 0.313. The zero-order chi connectivity index (χ0) is 10.3. The molecule has 0 saturated heterocycles. The number of carbonyl (C=O) groups is 2. The Labute approximate surface area is 80.4 Å². The van der Waals surface area contributed by atoms with Crippen LogP contribution in [-0.4, -0.2) is 19.0 Å². The third kappa shape index (κ3) is 1.00. The molecule has 0 saturated carbocycles. The maximum absolute atomic E-state index is 11.3. The molecular weight excluding hydrogens is 184 g/mol. The molecule has 0 atom stereocenters. The number of esters is 2. The van der Waals surface area contributed by atoms with Crippen LogP contribution in [0.5, 0.6) is 5.75 Å². The van der Waals surface area contributed by atoms with Crippen molar-refractivity contribution in [2.24, 2.45) is 0 Å². The highest BCUT2D eigenvalue weighted by Gasteiger charge is 2.32. The summed E-state index contributed by atoms with van der Waals surface area (Å²) in [6.45, 7) is 1.72. The van der Waals surface area contributed by atoms with Gasteiger partial charge in [0.1, 0.15) is 5.75 Å². The predicted octanol–water partition coefficient (Wildman–Crippen LogP) is 1.31. The van der Waals surface area contributed by atoms with Gasteiger partial charge in [0.2, 0.25) is 0 Å². The van der Waals surface area contributed by atoms with Crippen LogP contribution in [0.25, 0.3) is 0 Å². The van der Waals surface area contributed by atoms with Crippen LogP contribution >= 0.6 is 0 Å². The number of hydrogen-bond acceptors (Lipinski definition) is 4. The number of methoxy groups -OCH3 is 1. The van der Waals surface area contributed by atoms with Gasteiger partial charge in [0.25, 0.3) is 0 Å². The van der Waals surface area contributed by atoms with Crippen molar-refractivity contribution in [1.29, 1.82) is 0 Å².